The zero-order valence-electron chi connectivity index (χ0n) is 9.45. The molecule has 1 heterocycles. The summed E-state index contributed by atoms with van der Waals surface area (Å²) in [5.41, 5.74) is 3.66. The molecule has 6 heteroatoms. The lowest BCUT2D eigenvalue weighted by Gasteiger charge is -2.02. The van der Waals surface area contributed by atoms with E-state index in [0.29, 0.717) is 15.7 Å². The van der Waals surface area contributed by atoms with Crippen LogP contribution in [0.3, 0.4) is 0 Å². The topological polar surface area (TPSA) is 54.4 Å². The van der Waals surface area contributed by atoms with E-state index in [1.54, 1.807) is 18.2 Å². The zero-order chi connectivity index (χ0) is 13.1. The number of amides is 1. The molecule has 2 aromatic rings. The number of hydrazone groups is 1. The fourth-order valence-electron chi connectivity index (χ4n) is 1.42. The van der Waals surface area contributed by atoms with Gasteiger partial charge in [0.25, 0.3) is 0 Å². The van der Waals surface area contributed by atoms with Gasteiger partial charge in [-0.05, 0) is 24.3 Å². The smallest absolute Gasteiger partial charge is 0.236 e. The maximum atomic E-state index is 10.7. The van der Waals surface area contributed by atoms with Crippen LogP contribution in [0.2, 0.25) is 10.2 Å². The highest BCUT2D eigenvalue weighted by molar-refractivity contribution is 6.33. The molecule has 1 aromatic carbocycles. The normalized spacial score (nSPS) is 11.1. The molecule has 1 amide bonds. The van der Waals surface area contributed by atoms with Crippen molar-refractivity contribution < 1.29 is 4.79 Å². The fraction of sp³-hybridized carbons (Fsp3) is 0.0833. The van der Waals surface area contributed by atoms with Gasteiger partial charge in [0.05, 0.1) is 11.7 Å². The fourth-order valence-corrected chi connectivity index (χ4v) is 1.80. The van der Waals surface area contributed by atoms with Crippen molar-refractivity contribution in [3.63, 3.8) is 0 Å². The number of hydrogen-bond acceptors (Lipinski definition) is 3. The summed E-state index contributed by atoms with van der Waals surface area (Å²) in [7, 11) is 0. The molecule has 1 aromatic heterocycles. The molecule has 0 unspecified atom stereocenters. The van der Waals surface area contributed by atoms with E-state index in [1.807, 2.05) is 6.07 Å². The average molecular weight is 282 g/mol. The first-order valence-corrected chi connectivity index (χ1v) is 5.87. The molecular weight excluding hydrogens is 273 g/mol. The molecule has 2 rings (SSSR count). The molecule has 4 nitrogen and oxygen atoms in total. The minimum atomic E-state index is -0.251. The Bertz CT molecular complexity index is 641. The van der Waals surface area contributed by atoms with Crippen LogP contribution in [0.5, 0.6) is 0 Å². The van der Waals surface area contributed by atoms with Crippen LogP contribution in [-0.2, 0) is 4.79 Å². The third kappa shape index (κ3) is 2.97. The first-order chi connectivity index (χ1) is 8.56. The highest BCUT2D eigenvalue weighted by Crippen LogP contribution is 2.22. The first kappa shape index (κ1) is 12.8. The molecule has 0 atom stereocenters. The second kappa shape index (κ2) is 5.33. The van der Waals surface area contributed by atoms with Crippen molar-refractivity contribution >= 4 is 46.2 Å². The summed E-state index contributed by atoms with van der Waals surface area (Å²) in [5.74, 6) is -0.251. The maximum Gasteiger partial charge on any atom is 0.236 e. The highest BCUT2D eigenvalue weighted by Gasteiger charge is 2.03. The predicted octanol–water partition coefficient (Wildman–Crippen LogP) is 3.01. The Morgan fingerprint density at radius 2 is 2.17 bits per heavy atom. The van der Waals surface area contributed by atoms with Gasteiger partial charge < -0.3 is 0 Å². The van der Waals surface area contributed by atoms with Crippen molar-refractivity contribution in [2.24, 2.45) is 5.10 Å². The van der Waals surface area contributed by atoms with Crippen molar-refractivity contribution in [2.75, 3.05) is 0 Å². The van der Waals surface area contributed by atoms with Crippen LogP contribution in [-0.4, -0.2) is 17.1 Å². The number of hydrogen-bond donors (Lipinski definition) is 1. The molecule has 0 fully saturated rings. The Kier molecular flexibility index (Phi) is 3.79. The van der Waals surface area contributed by atoms with Crippen LogP contribution in [0.4, 0.5) is 0 Å². The number of pyridine rings is 1. The van der Waals surface area contributed by atoms with Crippen molar-refractivity contribution in [1.29, 1.82) is 0 Å². The van der Waals surface area contributed by atoms with E-state index >= 15 is 0 Å². The summed E-state index contributed by atoms with van der Waals surface area (Å²) in [6.07, 6.45) is 1.44. The minimum absolute atomic E-state index is 0.251. The average Bonchev–Trinajstić information content (AvgIpc) is 2.30. The first-order valence-electron chi connectivity index (χ1n) is 5.12. The Morgan fingerprint density at radius 3 is 2.89 bits per heavy atom. The summed E-state index contributed by atoms with van der Waals surface area (Å²) in [4.78, 5) is 14.9. The lowest BCUT2D eigenvalue weighted by atomic mass is 10.2. The molecule has 0 spiro atoms. The summed E-state index contributed by atoms with van der Waals surface area (Å²) in [6.45, 7) is 1.37. The quantitative estimate of drug-likeness (QED) is 0.523. The Balaban J connectivity index is 2.41. The van der Waals surface area contributed by atoms with Crippen LogP contribution in [0.25, 0.3) is 10.9 Å². The molecule has 0 aliphatic heterocycles. The monoisotopic (exact) mass is 281 g/mol. The van der Waals surface area contributed by atoms with Crippen LogP contribution >= 0.6 is 23.2 Å². The number of aromatic nitrogens is 1. The van der Waals surface area contributed by atoms with Gasteiger partial charge in [-0.3, -0.25) is 4.79 Å². The third-order valence-corrected chi connectivity index (χ3v) is 2.72. The van der Waals surface area contributed by atoms with E-state index in [2.05, 4.69) is 15.5 Å². The number of halogens is 2. The zero-order valence-corrected chi connectivity index (χ0v) is 11.0. The molecule has 0 radical (unpaired) electrons. The lowest BCUT2D eigenvalue weighted by Crippen LogP contribution is -2.12. The molecule has 92 valence electrons. The highest BCUT2D eigenvalue weighted by atomic mass is 35.5. The Labute approximate surface area is 114 Å². The molecule has 0 aliphatic carbocycles. The number of rotatable bonds is 2. The van der Waals surface area contributed by atoms with Crippen LogP contribution in [0.1, 0.15) is 12.5 Å². The Hall–Kier alpha value is -1.65. The van der Waals surface area contributed by atoms with E-state index in [1.165, 1.54) is 13.1 Å². The minimum Gasteiger partial charge on any atom is -0.274 e. The van der Waals surface area contributed by atoms with Gasteiger partial charge in [0.1, 0.15) is 5.15 Å². The van der Waals surface area contributed by atoms with Gasteiger partial charge in [-0.15, -0.1) is 0 Å². The third-order valence-electron chi connectivity index (χ3n) is 2.18. The Morgan fingerprint density at radius 1 is 1.39 bits per heavy atom. The van der Waals surface area contributed by atoms with Gasteiger partial charge in [-0.2, -0.15) is 5.10 Å². The van der Waals surface area contributed by atoms with E-state index in [-0.39, 0.29) is 5.91 Å². The molecular formula is C12H9Cl2N3O. The second-order valence-electron chi connectivity index (χ2n) is 3.63. The molecule has 0 saturated heterocycles. The molecule has 0 saturated carbocycles. The summed E-state index contributed by atoms with van der Waals surface area (Å²) < 4.78 is 0. The summed E-state index contributed by atoms with van der Waals surface area (Å²) in [5, 5.41) is 5.55. The number of fused-ring (bicyclic) bond motifs is 1. The summed E-state index contributed by atoms with van der Waals surface area (Å²) in [6, 6.07) is 7.13. The van der Waals surface area contributed by atoms with Gasteiger partial charge >= 0.3 is 0 Å². The van der Waals surface area contributed by atoms with Gasteiger partial charge in [-0.1, -0.05) is 23.2 Å². The largest absolute Gasteiger partial charge is 0.274 e. The lowest BCUT2D eigenvalue weighted by molar-refractivity contribution is -0.118. The standard InChI is InChI=1S/C12H9Cl2N3O/c1-7(18)17-15-6-9-4-8-5-10(13)2-3-11(8)16-12(9)14/h2-6H,1H3,(H,17,18)/b15-6-. The van der Waals surface area contributed by atoms with Gasteiger partial charge in [0.2, 0.25) is 5.91 Å². The van der Waals surface area contributed by atoms with E-state index in [9.17, 15) is 4.79 Å². The van der Waals surface area contributed by atoms with Crippen molar-refractivity contribution in [2.45, 2.75) is 6.92 Å². The maximum absolute atomic E-state index is 10.7. The SMILES string of the molecule is CC(=O)N/N=C\c1cc2cc(Cl)ccc2nc1Cl. The van der Waals surface area contributed by atoms with E-state index in [0.717, 1.165) is 10.9 Å². The number of carbonyl (C=O) groups is 1. The number of benzene rings is 1. The predicted molar refractivity (Wildman–Crippen MR) is 73.2 cm³/mol. The van der Waals surface area contributed by atoms with E-state index < -0.39 is 0 Å². The van der Waals surface area contributed by atoms with Crippen LogP contribution in [0.15, 0.2) is 29.4 Å². The molecule has 0 bridgehead atoms. The van der Waals surface area contributed by atoms with Crippen molar-refractivity contribution in [3.05, 3.63) is 40.0 Å². The van der Waals surface area contributed by atoms with Gasteiger partial charge in [-0.25, -0.2) is 10.4 Å². The molecule has 0 aliphatic rings. The van der Waals surface area contributed by atoms with Crippen molar-refractivity contribution in [3.8, 4) is 0 Å². The molecule has 18 heavy (non-hydrogen) atoms. The van der Waals surface area contributed by atoms with Gasteiger partial charge in [0.15, 0.2) is 0 Å². The van der Waals surface area contributed by atoms with Crippen LogP contribution in [0, 0.1) is 0 Å². The number of nitrogens with one attached hydrogen (secondary N) is 1. The van der Waals surface area contributed by atoms with Crippen LogP contribution < -0.4 is 5.43 Å². The number of carbonyl (C=O) groups excluding carboxylic acids is 1. The number of nitrogens with zero attached hydrogens (tertiary/aromatic N) is 2. The summed E-state index contributed by atoms with van der Waals surface area (Å²) >= 11 is 11.9. The van der Waals surface area contributed by atoms with Crippen molar-refractivity contribution in [1.82, 2.24) is 10.4 Å². The molecule has 1 N–H and O–H groups in total. The van der Waals surface area contributed by atoms with Gasteiger partial charge in [0, 0.05) is 22.9 Å². The van der Waals surface area contributed by atoms with E-state index in [4.69, 9.17) is 23.2 Å². The second-order valence-corrected chi connectivity index (χ2v) is 4.43.